The zero-order valence-electron chi connectivity index (χ0n) is 12.4. The Bertz CT molecular complexity index is 653. The average Bonchev–Trinajstić information content (AvgIpc) is 2.48. The van der Waals surface area contributed by atoms with E-state index in [4.69, 9.17) is 4.74 Å². The van der Waals surface area contributed by atoms with Gasteiger partial charge in [0, 0.05) is 5.92 Å². The van der Waals surface area contributed by atoms with Crippen LogP contribution in [0.5, 0.6) is 5.75 Å². The zero-order chi connectivity index (χ0) is 15.4. The topological polar surface area (TPSA) is 76.1 Å². The summed E-state index contributed by atoms with van der Waals surface area (Å²) >= 11 is 0. The van der Waals surface area contributed by atoms with Crippen molar-refractivity contribution < 1.29 is 9.53 Å². The van der Waals surface area contributed by atoms with Gasteiger partial charge in [0.15, 0.2) is 11.6 Å². The highest BCUT2D eigenvalue weighted by Gasteiger charge is 2.25. The minimum Gasteiger partial charge on any atom is -0.495 e. The first kappa shape index (κ1) is 14.3. The second kappa shape index (κ2) is 6.43. The summed E-state index contributed by atoms with van der Waals surface area (Å²) in [6.07, 6.45) is 3.06. The lowest BCUT2D eigenvalue weighted by atomic mass is 9.85. The number of benzene rings is 1. The molecular formula is C16H18N4O2. The van der Waals surface area contributed by atoms with Gasteiger partial charge in [-0.3, -0.25) is 4.79 Å². The van der Waals surface area contributed by atoms with Gasteiger partial charge in [0.1, 0.15) is 5.75 Å². The molecule has 3 rings (SSSR count). The van der Waals surface area contributed by atoms with Gasteiger partial charge in [0.05, 0.1) is 12.8 Å². The summed E-state index contributed by atoms with van der Waals surface area (Å²) in [6, 6.07) is 11.1. The number of methoxy groups -OCH3 is 1. The van der Waals surface area contributed by atoms with Crippen LogP contribution in [0.3, 0.4) is 0 Å². The Kier molecular flexibility index (Phi) is 4.18. The van der Waals surface area contributed by atoms with Gasteiger partial charge in [-0.15, -0.1) is 10.2 Å². The molecule has 1 saturated carbocycles. The van der Waals surface area contributed by atoms with Crippen molar-refractivity contribution in [2.24, 2.45) is 5.92 Å². The predicted molar refractivity (Wildman–Crippen MR) is 84.3 cm³/mol. The maximum Gasteiger partial charge on any atom is 0.228 e. The summed E-state index contributed by atoms with van der Waals surface area (Å²) in [4.78, 5) is 11.8. The first-order valence-electron chi connectivity index (χ1n) is 7.31. The van der Waals surface area contributed by atoms with Crippen molar-refractivity contribution in [3.05, 3.63) is 36.4 Å². The molecule has 0 atom stereocenters. The molecule has 0 bridgehead atoms. The molecule has 114 valence electrons. The molecule has 1 heterocycles. The molecule has 1 fully saturated rings. The molecule has 22 heavy (non-hydrogen) atoms. The van der Waals surface area contributed by atoms with E-state index in [-0.39, 0.29) is 11.8 Å². The van der Waals surface area contributed by atoms with Gasteiger partial charge >= 0.3 is 0 Å². The third-order valence-electron chi connectivity index (χ3n) is 3.76. The van der Waals surface area contributed by atoms with Crippen molar-refractivity contribution in [3.63, 3.8) is 0 Å². The molecule has 1 aromatic heterocycles. The number of para-hydroxylation sites is 2. The second-order valence-corrected chi connectivity index (χ2v) is 5.25. The van der Waals surface area contributed by atoms with E-state index in [1.807, 2.05) is 24.3 Å². The van der Waals surface area contributed by atoms with Crippen LogP contribution in [0.1, 0.15) is 19.3 Å². The van der Waals surface area contributed by atoms with Gasteiger partial charge in [-0.2, -0.15) is 0 Å². The first-order chi connectivity index (χ1) is 10.8. The number of nitrogens with zero attached hydrogens (tertiary/aromatic N) is 2. The van der Waals surface area contributed by atoms with Crippen LogP contribution < -0.4 is 15.4 Å². The molecule has 0 aliphatic heterocycles. The standard InChI is InChI=1S/C16H18N4O2/c1-22-13-8-3-2-7-12(13)17-14-9-10-15(20-19-14)18-16(21)11-5-4-6-11/h2-3,7-11H,4-6H2,1H3,(H,17,19)(H,18,20,21). The summed E-state index contributed by atoms with van der Waals surface area (Å²) in [6.45, 7) is 0. The van der Waals surface area contributed by atoms with Gasteiger partial charge in [0.2, 0.25) is 5.91 Å². The predicted octanol–water partition coefficient (Wildman–Crippen LogP) is 2.97. The SMILES string of the molecule is COc1ccccc1Nc1ccc(NC(=O)C2CCC2)nn1. The summed E-state index contributed by atoms with van der Waals surface area (Å²) < 4.78 is 5.27. The first-order valence-corrected chi connectivity index (χ1v) is 7.31. The Hall–Kier alpha value is -2.63. The fourth-order valence-electron chi connectivity index (χ4n) is 2.25. The molecule has 0 spiro atoms. The van der Waals surface area contributed by atoms with Crippen LogP contribution in [0, 0.1) is 5.92 Å². The van der Waals surface area contributed by atoms with Crippen LogP contribution in [0.4, 0.5) is 17.3 Å². The quantitative estimate of drug-likeness (QED) is 0.887. The largest absolute Gasteiger partial charge is 0.495 e. The lowest BCUT2D eigenvalue weighted by Gasteiger charge is -2.23. The zero-order valence-corrected chi connectivity index (χ0v) is 12.4. The highest BCUT2D eigenvalue weighted by atomic mass is 16.5. The van der Waals surface area contributed by atoms with E-state index < -0.39 is 0 Å². The monoisotopic (exact) mass is 298 g/mol. The van der Waals surface area contributed by atoms with Gasteiger partial charge in [-0.25, -0.2) is 0 Å². The number of rotatable bonds is 5. The molecule has 1 aliphatic rings. The molecule has 1 aliphatic carbocycles. The Morgan fingerprint density at radius 2 is 1.86 bits per heavy atom. The molecule has 0 radical (unpaired) electrons. The van der Waals surface area contributed by atoms with Crippen LogP contribution in [0.2, 0.25) is 0 Å². The second-order valence-electron chi connectivity index (χ2n) is 5.25. The van der Waals surface area contributed by atoms with Crippen molar-refractivity contribution in [1.82, 2.24) is 10.2 Å². The van der Waals surface area contributed by atoms with E-state index in [9.17, 15) is 4.79 Å². The van der Waals surface area contributed by atoms with Crippen LogP contribution >= 0.6 is 0 Å². The maximum absolute atomic E-state index is 11.8. The number of amides is 1. The maximum atomic E-state index is 11.8. The summed E-state index contributed by atoms with van der Waals surface area (Å²) in [5, 5.41) is 14.0. The average molecular weight is 298 g/mol. The van der Waals surface area contributed by atoms with Gasteiger partial charge in [-0.05, 0) is 37.1 Å². The van der Waals surface area contributed by atoms with Crippen molar-refractivity contribution in [1.29, 1.82) is 0 Å². The van der Waals surface area contributed by atoms with E-state index in [1.54, 1.807) is 19.2 Å². The molecule has 1 aromatic carbocycles. The van der Waals surface area contributed by atoms with Crippen molar-refractivity contribution >= 4 is 23.2 Å². The summed E-state index contributed by atoms with van der Waals surface area (Å²) in [5.41, 5.74) is 0.811. The number of anilines is 3. The smallest absolute Gasteiger partial charge is 0.228 e. The van der Waals surface area contributed by atoms with E-state index >= 15 is 0 Å². The molecule has 6 nitrogen and oxygen atoms in total. The van der Waals surface area contributed by atoms with Crippen LogP contribution in [0.25, 0.3) is 0 Å². The van der Waals surface area contributed by atoms with Gasteiger partial charge < -0.3 is 15.4 Å². The number of hydrogen-bond acceptors (Lipinski definition) is 5. The van der Waals surface area contributed by atoms with Gasteiger partial charge in [0.25, 0.3) is 0 Å². The summed E-state index contributed by atoms with van der Waals surface area (Å²) in [5.74, 6) is 1.96. The molecule has 0 saturated heterocycles. The molecule has 1 amide bonds. The molecule has 0 unspecified atom stereocenters. The Balaban J connectivity index is 1.65. The fraction of sp³-hybridized carbons (Fsp3) is 0.312. The lowest BCUT2D eigenvalue weighted by molar-refractivity contribution is -0.122. The number of nitrogens with one attached hydrogen (secondary N) is 2. The number of carbonyl (C=O) groups excluding carboxylic acids is 1. The van der Waals surface area contributed by atoms with Crippen molar-refractivity contribution in [2.75, 3.05) is 17.7 Å². The summed E-state index contributed by atoms with van der Waals surface area (Å²) in [7, 11) is 1.62. The van der Waals surface area contributed by atoms with Crippen LogP contribution in [0.15, 0.2) is 36.4 Å². The minimum absolute atomic E-state index is 0.0333. The van der Waals surface area contributed by atoms with Gasteiger partial charge in [-0.1, -0.05) is 18.6 Å². The van der Waals surface area contributed by atoms with E-state index in [0.717, 1.165) is 30.7 Å². The third kappa shape index (κ3) is 3.16. The molecular weight excluding hydrogens is 280 g/mol. The number of hydrogen-bond donors (Lipinski definition) is 2. The molecule has 2 N–H and O–H groups in total. The minimum atomic E-state index is 0.0333. The van der Waals surface area contributed by atoms with Crippen LogP contribution in [-0.4, -0.2) is 23.2 Å². The number of aromatic nitrogens is 2. The Labute approximate surface area is 128 Å². The Morgan fingerprint density at radius 3 is 2.50 bits per heavy atom. The number of carbonyl (C=O) groups is 1. The highest BCUT2D eigenvalue weighted by Crippen LogP contribution is 2.28. The van der Waals surface area contributed by atoms with E-state index in [1.165, 1.54) is 0 Å². The third-order valence-corrected chi connectivity index (χ3v) is 3.76. The van der Waals surface area contributed by atoms with E-state index in [2.05, 4.69) is 20.8 Å². The normalized spacial score (nSPS) is 14.0. The molecule has 6 heteroatoms. The lowest BCUT2D eigenvalue weighted by Crippen LogP contribution is -2.28. The number of ether oxygens (including phenoxy) is 1. The Morgan fingerprint density at radius 1 is 1.14 bits per heavy atom. The van der Waals surface area contributed by atoms with E-state index in [0.29, 0.717) is 11.6 Å². The molecule has 2 aromatic rings. The fourth-order valence-corrected chi connectivity index (χ4v) is 2.25. The van der Waals surface area contributed by atoms with Crippen molar-refractivity contribution in [2.45, 2.75) is 19.3 Å². The highest BCUT2D eigenvalue weighted by molar-refractivity contribution is 5.92. The van der Waals surface area contributed by atoms with Crippen LogP contribution in [-0.2, 0) is 4.79 Å². The van der Waals surface area contributed by atoms with Crippen molar-refractivity contribution in [3.8, 4) is 5.75 Å².